The fraction of sp³-hybridized carbons (Fsp3) is 0.929. The van der Waals surface area contributed by atoms with E-state index in [0.29, 0.717) is 0 Å². The van der Waals surface area contributed by atoms with Crippen molar-refractivity contribution in [3.63, 3.8) is 0 Å². The third-order valence-electron chi connectivity index (χ3n) is 17.8. The molecule has 7 fully saturated rings. The molecule has 7 aliphatic rings. The quantitative estimate of drug-likeness (QED) is 0.0346. The first kappa shape index (κ1) is 82.8. The molecule has 7 saturated heterocycles. The fourth-order valence-corrected chi connectivity index (χ4v) is 12.5. The lowest BCUT2D eigenvalue weighted by molar-refractivity contribution is -0.400. The van der Waals surface area contributed by atoms with Crippen LogP contribution >= 0.6 is 0 Å². The Morgan fingerprint density at radius 2 is 0.768 bits per heavy atom. The molecule has 43 nitrogen and oxygen atoms in total. The first-order chi connectivity index (χ1) is 46.7. The third-order valence-corrected chi connectivity index (χ3v) is 17.8. The van der Waals surface area contributed by atoms with Crippen LogP contribution in [-0.2, 0) is 85.5 Å². The van der Waals surface area contributed by atoms with E-state index in [1.807, 2.05) is 0 Å². The maximum atomic E-state index is 13.4. The zero-order valence-electron chi connectivity index (χ0n) is 54.2. The average molecular weight is 1450 g/mol. The number of carbonyl (C=O) groups is 4. The Morgan fingerprint density at radius 3 is 1.27 bits per heavy atom. The molecule has 0 aromatic carbocycles. The molecule has 0 unspecified atom stereocenters. The largest absolute Gasteiger partial charge is 0.394 e. The average Bonchev–Trinajstić information content (AvgIpc) is 0.768. The van der Waals surface area contributed by atoms with Crippen molar-refractivity contribution in [3.8, 4) is 0 Å². The highest BCUT2D eigenvalue weighted by molar-refractivity contribution is 5.74. The van der Waals surface area contributed by atoms with Crippen molar-refractivity contribution < 1.29 is 193 Å². The molecule has 0 saturated carbocycles. The number of hydrogen-bond acceptors (Lipinski definition) is 39. The molecule has 43 heteroatoms. The lowest BCUT2D eigenvalue weighted by Gasteiger charge is -2.52. The van der Waals surface area contributed by atoms with Crippen molar-refractivity contribution in [2.24, 2.45) is 0 Å². The molecule has 0 aromatic rings. The highest BCUT2D eigenvalue weighted by atomic mass is 16.8. The summed E-state index contributed by atoms with van der Waals surface area (Å²) in [6, 6.07) is -7.10. The molecular weight excluding hydrogens is 1350 g/mol. The van der Waals surface area contributed by atoms with Gasteiger partial charge in [-0.3, -0.25) is 19.2 Å². The second kappa shape index (κ2) is 36.5. The number of ether oxygens (including phenoxy) is 14. The number of carbonyl (C=O) groups excluding carboxylic acids is 4. The van der Waals surface area contributed by atoms with Crippen LogP contribution in [0.5, 0.6) is 0 Å². The lowest BCUT2D eigenvalue weighted by atomic mass is 9.93. The van der Waals surface area contributed by atoms with Crippen LogP contribution in [0.15, 0.2) is 0 Å². The van der Waals surface area contributed by atoms with Crippen LogP contribution in [0.3, 0.4) is 0 Å². The van der Waals surface area contributed by atoms with E-state index in [4.69, 9.17) is 66.3 Å². The van der Waals surface area contributed by atoms with Gasteiger partial charge >= 0.3 is 0 Å². The molecule has 99 heavy (non-hydrogen) atoms. The summed E-state index contributed by atoms with van der Waals surface area (Å²) < 4.78 is 83.1. The van der Waals surface area contributed by atoms with E-state index in [1.54, 1.807) is 0 Å². The summed E-state index contributed by atoms with van der Waals surface area (Å²) in [7, 11) is 0. The summed E-state index contributed by atoms with van der Waals surface area (Å²) >= 11 is 0. The Bertz CT molecular complexity index is 2550. The first-order valence-corrected chi connectivity index (χ1v) is 31.7. The first-order valence-electron chi connectivity index (χ1n) is 31.7. The van der Waals surface area contributed by atoms with Gasteiger partial charge in [-0.15, -0.1) is 0 Å². The summed E-state index contributed by atoms with van der Waals surface area (Å²) in [5.74, 6) is -3.48. The van der Waals surface area contributed by atoms with Crippen molar-refractivity contribution in [1.82, 2.24) is 21.3 Å². The van der Waals surface area contributed by atoms with Crippen molar-refractivity contribution in [1.29, 1.82) is 0 Å². The van der Waals surface area contributed by atoms with Crippen molar-refractivity contribution >= 4 is 23.6 Å². The Labute approximate surface area is 563 Å². The molecule has 574 valence electrons. The van der Waals surface area contributed by atoms with E-state index in [-0.39, 0.29) is 0 Å². The van der Waals surface area contributed by atoms with Crippen LogP contribution in [0, 0.1) is 0 Å². The van der Waals surface area contributed by atoms with Gasteiger partial charge in [0.25, 0.3) is 0 Å². The van der Waals surface area contributed by atoms with E-state index in [1.165, 1.54) is 13.8 Å². The van der Waals surface area contributed by atoms with Gasteiger partial charge < -0.3 is 195 Å². The molecule has 7 aliphatic heterocycles. The number of hydrogen-bond donors (Lipinski definition) is 25. The summed E-state index contributed by atoms with van der Waals surface area (Å²) in [6.45, 7) is -1.00. The van der Waals surface area contributed by atoms with E-state index in [0.717, 1.165) is 27.7 Å². The third kappa shape index (κ3) is 19.1. The van der Waals surface area contributed by atoms with Crippen LogP contribution < -0.4 is 21.3 Å². The molecule has 7 rings (SSSR count). The molecule has 0 bridgehead atoms. The monoisotopic (exact) mass is 1450 g/mol. The number of aliphatic hydroxyl groups excluding tert-OH is 21. The zero-order chi connectivity index (χ0) is 73.5. The van der Waals surface area contributed by atoms with Gasteiger partial charge in [0.15, 0.2) is 44.0 Å². The van der Waals surface area contributed by atoms with Crippen LogP contribution in [0.2, 0.25) is 0 Å². The molecule has 0 radical (unpaired) electrons. The van der Waals surface area contributed by atoms with Crippen LogP contribution in [0.1, 0.15) is 41.5 Å². The van der Waals surface area contributed by atoms with Gasteiger partial charge in [0.2, 0.25) is 23.6 Å². The highest BCUT2D eigenvalue weighted by Gasteiger charge is 2.60. The standard InChI is InChI=1S/C56H96N4O39/c1-14-30(72)38(80)41(83)53(87-14)96-46-26(12-66)93-52(29(60-19(6)70)47(46)97-56-49(40(82)34(76)23(9-63)91-56)99-54-42(84)39(81)31(73)15(2)88-54)98-48-35(77)24(10-64)90-55(43(48)85)95-45-25(11-65)92-50(28(37(45)79)59-18(5)69)86-13-21(71)32(74)44(20(7-61)57-16(3)67)94-51-27(58-17(4)68)36(78)33(75)22(8-62)89-51/h14-15,20-56,61-66,71-85H,7-13H2,1-6H3,(H,57,67)(H,58,68)(H,59,69)(H,60,70)/t14-,15-,20-,21+,22+,23+,24+,25+,26+,27+,28+,29+,30+,31+,32-,33+,34-,35-,36+,37+,38+,39+,40-,41-,42-,43+,44+,45+,46+,47+,48-,49+,50+,51-,52-,53-,54-,55-,56-/m0/s1. The zero-order valence-corrected chi connectivity index (χ0v) is 54.2. The molecule has 7 heterocycles. The maximum absolute atomic E-state index is 13.4. The molecule has 25 N–H and O–H groups in total. The van der Waals surface area contributed by atoms with Crippen LogP contribution in [0.25, 0.3) is 0 Å². The fourth-order valence-electron chi connectivity index (χ4n) is 12.5. The minimum absolute atomic E-state index is 0.791. The number of rotatable bonds is 28. The van der Waals surface area contributed by atoms with Gasteiger partial charge in [-0.05, 0) is 13.8 Å². The van der Waals surface area contributed by atoms with Crippen LogP contribution in [0.4, 0.5) is 0 Å². The molecule has 0 spiro atoms. The molecule has 4 amide bonds. The summed E-state index contributed by atoms with van der Waals surface area (Å²) in [4.78, 5) is 50.7. The van der Waals surface area contributed by atoms with Gasteiger partial charge in [-0.1, -0.05) is 0 Å². The van der Waals surface area contributed by atoms with Crippen molar-refractivity contribution in [3.05, 3.63) is 0 Å². The van der Waals surface area contributed by atoms with Gasteiger partial charge in [-0.2, -0.15) is 0 Å². The predicted molar refractivity (Wildman–Crippen MR) is 310 cm³/mol. The topological polar surface area (TPSA) is 670 Å². The molecule has 0 aromatic heterocycles. The minimum atomic E-state index is -2.38. The van der Waals surface area contributed by atoms with Gasteiger partial charge in [0.05, 0.1) is 64.5 Å². The summed E-state index contributed by atoms with van der Waals surface area (Å²) in [5, 5.41) is 241. The smallest absolute Gasteiger partial charge is 0.217 e. The molecule has 0 aliphatic carbocycles. The van der Waals surface area contributed by atoms with Gasteiger partial charge in [0.1, 0.15) is 177 Å². The second-order valence-corrected chi connectivity index (χ2v) is 25.1. The Hall–Kier alpha value is -3.52. The molecule has 39 atom stereocenters. The number of aliphatic hydroxyl groups is 21. The van der Waals surface area contributed by atoms with Gasteiger partial charge in [-0.25, -0.2) is 0 Å². The Balaban J connectivity index is 1.17. The molecular formula is C56H96N4O39. The normalized spacial score (nSPS) is 45.7. The maximum Gasteiger partial charge on any atom is 0.217 e. The highest BCUT2D eigenvalue weighted by Crippen LogP contribution is 2.39. The SMILES string of the molecule is CC(=O)N[C@H]1[C@H](OC[C@@H](O)[C@H](O)[C@H](O[C@@H]2O[C@H](CO)[C@@H](O)[C@H](O)[C@H]2NC(C)=O)[C@H](CO)NC(C)=O)O[C@H](CO)[C@@H](O[C@@H]2O[C@H](CO)[C@H](O)[C@H](O[C@@H]3O[C@H](CO)[C@@H](O[C@@H]4O[C@@H](C)[C@@H](O)[C@@H](O)[C@@H]4O)[C@H](O[C@@H]4O[C@H](CO)[C@H](O)[C@H](O)[C@H]4O[C@@H]4O[C@@H](C)[C@@H](O)[C@@H](O)[C@@H]4O)[C@H]3NC(C)=O)[C@H]2O)[C@@H]1O. The van der Waals surface area contributed by atoms with E-state index >= 15 is 0 Å². The van der Waals surface area contributed by atoms with E-state index in [9.17, 15) is 126 Å². The van der Waals surface area contributed by atoms with Crippen LogP contribution in [-0.4, -0.2) is 416 Å². The van der Waals surface area contributed by atoms with E-state index in [2.05, 4.69) is 21.3 Å². The number of amides is 4. The summed E-state index contributed by atoms with van der Waals surface area (Å²) in [6.07, 6.45) is -68.8. The van der Waals surface area contributed by atoms with Crippen molar-refractivity contribution in [2.45, 2.75) is 281 Å². The van der Waals surface area contributed by atoms with Gasteiger partial charge in [0, 0.05) is 27.7 Å². The second-order valence-electron chi connectivity index (χ2n) is 25.1. The Kier molecular flexibility index (Phi) is 30.5. The Morgan fingerprint density at radius 1 is 0.364 bits per heavy atom. The number of nitrogens with one attached hydrogen (secondary N) is 4. The lowest BCUT2D eigenvalue weighted by Crippen LogP contribution is -2.71. The minimum Gasteiger partial charge on any atom is -0.394 e. The predicted octanol–water partition coefficient (Wildman–Crippen LogP) is -16.2. The van der Waals surface area contributed by atoms with E-state index < -0.39 is 309 Å². The summed E-state index contributed by atoms with van der Waals surface area (Å²) in [5.41, 5.74) is 0. The van der Waals surface area contributed by atoms with Crippen molar-refractivity contribution in [2.75, 3.05) is 46.2 Å².